The van der Waals surface area contributed by atoms with Gasteiger partial charge in [0.2, 0.25) is 5.91 Å². The molecule has 0 aliphatic carbocycles. The van der Waals surface area contributed by atoms with Gasteiger partial charge in [0.15, 0.2) is 0 Å². The van der Waals surface area contributed by atoms with Crippen LogP contribution in [0.4, 0.5) is 17.1 Å². The third-order valence-electron chi connectivity index (χ3n) is 4.53. The quantitative estimate of drug-likeness (QED) is 0.502. The lowest BCUT2D eigenvalue weighted by Gasteiger charge is -2.18. The van der Waals surface area contributed by atoms with Crippen molar-refractivity contribution in [1.29, 1.82) is 0 Å². The maximum Gasteiger partial charge on any atom is 0.258 e. The number of para-hydroxylation sites is 3. The monoisotopic (exact) mass is 415 g/mol. The third kappa shape index (κ3) is 5.96. The smallest absolute Gasteiger partial charge is 0.258 e. The zero-order valence-electron chi connectivity index (χ0n) is 17.4. The molecule has 0 aromatic heterocycles. The summed E-state index contributed by atoms with van der Waals surface area (Å²) in [6.07, 6.45) is 1.64. The lowest BCUT2D eigenvalue weighted by Crippen LogP contribution is -2.26. The van der Waals surface area contributed by atoms with Gasteiger partial charge in [-0.15, -0.1) is 0 Å². The van der Waals surface area contributed by atoms with Gasteiger partial charge in [0.25, 0.3) is 5.91 Å². The van der Waals surface area contributed by atoms with E-state index in [1.54, 1.807) is 48.4 Å². The van der Waals surface area contributed by atoms with Crippen molar-refractivity contribution in [1.82, 2.24) is 0 Å². The summed E-state index contributed by atoms with van der Waals surface area (Å²) in [5.74, 6) is 0.215. The highest BCUT2D eigenvalue weighted by Gasteiger charge is 2.14. The minimum Gasteiger partial charge on any atom is -0.487 e. The minimum absolute atomic E-state index is 0.0436. The molecule has 158 valence electrons. The fourth-order valence-corrected chi connectivity index (χ4v) is 2.95. The van der Waals surface area contributed by atoms with Crippen LogP contribution in [0.3, 0.4) is 0 Å². The molecule has 0 heterocycles. The van der Waals surface area contributed by atoms with Crippen LogP contribution in [-0.4, -0.2) is 32.0 Å². The van der Waals surface area contributed by atoms with E-state index in [1.807, 2.05) is 48.5 Å². The van der Waals surface area contributed by atoms with Crippen molar-refractivity contribution in [3.8, 4) is 5.75 Å². The molecule has 0 bridgehead atoms. The Labute approximate surface area is 182 Å². The number of amides is 2. The van der Waals surface area contributed by atoms with Crippen LogP contribution in [0.5, 0.6) is 5.75 Å². The molecule has 0 unspecified atom stereocenters. The molecule has 31 heavy (non-hydrogen) atoms. The van der Waals surface area contributed by atoms with Gasteiger partial charge in [-0.05, 0) is 42.5 Å². The maximum absolute atomic E-state index is 12.8. The van der Waals surface area contributed by atoms with Crippen LogP contribution in [0, 0.1) is 0 Å². The molecule has 3 aromatic rings. The van der Waals surface area contributed by atoms with Crippen molar-refractivity contribution in [3.63, 3.8) is 0 Å². The molecule has 6 nitrogen and oxygen atoms in total. The van der Waals surface area contributed by atoms with E-state index in [4.69, 9.17) is 4.74 Å². The van der Waals surface area contributed by atoms with Crippen LogP contribution in [-0.2, 0) is 4.79 Å². The third-order valence-corrected chi connectivity index (χ3v) is 4.53. The average molecular weight is 415 g/mol. The molecular formula is C25H25N3O3. The van der Waals surface area contributed by atoms with Gasteiger partial charge in [-0.2, -0.15) is 0 Å². The van der Waals surface area contributed by atoms with Gasteiger partial charge in [0.05, 0.1) is 12.2 Å². The summed E-state index contributed by atoms with van der Waals surface area (Å²) in [6.45, 7) is 4.02. The van der Waals surface area contributed by atoms with Gasteiger partial charge >= 0.3 is 0 Å². The van der Waals surface area contributed by atoms with E-state index < -0.39 is 0 Å². The first kappa shape index (κ1) is 21.6. The van der Waals surface area contributed by atoms with Crippen LogP contribution < -0.4 is 20.3 Å². The van der Waals surface area contributed by atoms with Gasteiger partial charge in [-0.25, -0.2) is 0 Å². The van der Waals surface area contributed by atoms with Crippen molar-refractivity contribution in [2.24, 2.45) is 0 Å². The molecule has 0 fully saturated rings. The van der Waals surface area contributed by atoms with Crippen molar-refractivity contribution in [2.75, 3.05) is 35.7 Å². The van der Waals surface area contributed by atoms with Crippen LogP contribution in [0.25, 0.3) is 0 Å². The normalized spacial score (nSPS) is 10.1. The largest absolute Gasteiger partial charge is 0.487 e. The maximum atomic E-state index is 12.8. The molecule has 2 N–H and O–H groups in total. The Kier molecular flexibility index (Phi) is 7.43. The minimum atomic E-state index is -0.229. The highest BCUT2D eigenvalue weighted by Crippen LogP contribution is 2.23. The highest BCUT2D eigenvalue weighted by atomic mass is 16.5. The van der Waals surface area contributed by atoms with Gasteiger partial charge in [0.1, 0.15) is 12.4 Å². The number of rotatable bonds is 9. The van der Waals surface area contributed by atoms with Crippen LogP contribution in [0.1, 0.15) is 10.4 Å². The number of hydrogen-bond donors (Lipinski definition) is 2. The Morgan fingerprint density at radius 1 is 1.00 bits per heavy atom. The van der Waals surface area contributed by atoms with Gasteiger partial charge in [-0.3, -0.25) is 9.59 Å². The second-order valence-electron chi connectivity index (χ2n) is 6.78. The van der Waals surface area contributed by atoms with E-state index in [0.29, 0.717) is 29.3 Å². The standard InChI is InChI=1S/C25H25N3O3/c1-3-16-31-23-15-8-7-14-22(23)27-24(29)18-26-20-11-9-10-19(17-20)25(30)28(2)21-12-5-4-6-13-21/h3-15,17,26H,1,16,18H2,2H3,(H,27,29). The Balaban J connectivity index is 1.61. The van der Waals surface area contributed by atoms with Crippen molar-refractivity contribution in [2.45, 2.75) is 0 Å². The summed E-state index contributed by atoms with van der Waals surface area (Å²) < 4.78 is 5.56. The van der Waals surface area contributed by atoms with E-state index in [2.05, 4.69) is 17.2 Å². The molecule has 3 aromatic carbocycles. The van der Waals surface area contributed by atoms with E-state index in [-0.39, 0.29) is 18.4 Å². The van der Waals surface area contributed by atoms with Crippen molar-refractivity contribution >= 4 is 28.9 Å². The summed E-state index contributed by atoms with van der Waals surface area (Å²) in [5, 5.41) is 5.89. The number of carbonyl (C=O) groups is 2. The first-order valence-electron chi connectivity index (χ1n) is 9.88. The number of nitrogens with zero attached hydrogens (tertiary/aromatic N) is 1. The van der Waals surface area contributed by atoms with Crippen LogP contribution >= 0.6 is 0 Å². The Bertz CT molecular complexity index is 1050. The second kappa shape index (κ2) is 10.6. The molecule has 0 atom stereocenters. The molecule has 0 aliphatic heterocycles. The number of anilines is 3. The molecule has 0 aliphatic rings. The average Bonchev–Trinajstić information content (AvgIpc) is 2.82. The number of nitrogens with one attached hydrogen (secondary N) is 2. The molecule has 0 saturated heterocycles. The lowest BCUT2D eigenvalue weighted by atomic mass is 10.1. The molecule has 2 amide bonds. The zero-order valence-corrected chi connectivity index (χ0v) is 17.4. The zero-order chi connectivity index (χ0) is 22.1. The molecule has 0 saturated carbocycles. The first-order chi connectivity index (χ1) is 15.1. The summed E-state index contributed by atoms with van der Waals surface area (Å²) in [5.41, 5.74) is 2.60. The van der Waals surface area contributed by atoms with Gasteiger partial charge < -0.3 is 20.3 Å². The van der Waals surface area contributed by atoms with Crippen molar-refractivity contribution in [3.05, 3.63) is 97.1 Å². The highest BCUT2D eigenvalue weighted by molar-refractivity contribution is 6.06. The molecule has 0 radical (unpaired) electrons. The summed E-state index contributed by atoms with van der Waals surface area (Å²) in [6, 6.07) is 23.7. The summed E-state index contributed by atoms with van der Waals surface area (Å²) in [4.78, 5) is 26.8. The number of carbonyl (C=O) groups excluding carboxylic acids is 2. The Morgan fingerprint density at radius 3 is 2.52 bits per heavy atom. The number of ether oxygens (including phenoxy) is 1. The SMILES string of the molecule is C=CCOc1ccccc1NC(=O)CNc1cccc(C(=O)N(C)c2ccccc2)c1. The molecule has 3 rings (SSSR count). The predicted octanol–water partition coefficient (Wildman–Crippen LogP) is 4.58. The van der Waals surface area contributed by atoms with E-state index in [0.717, 1.165) is 5.69 Å². The first-order valence-corrected chi connectivity index (χ1v) is 9.88. The summed E-state index contributed by atoms with van der Waals surface area (Å²) in [7, 11) is 1.73. The second-order valence-corrected chi connectivity index (χ2v) is 6.78. The van der Waals surface area contributed by atoms with Gasteiger partial charge in [-0.1, -0.05) is 49.1 Å². The Morgan fingerprint density at radius 2 is 1.74 bits per heavy atom. The van der Waals surface area contributed by atoms with Gasteiger partial charge in [0, 0.05) is 24.0 Å². The van der Waals surface area contributed by atoms with Crippen molar-refractivity contribution < 1.29 is 14.3 Å². The number of hydrogen-bond acceptors (Lipinski definition) is 4. The predicted molar refractivity (Wildman–Crippen MR) is 125 cm³/mol. The molecular weight excluding hydrogens is 390 g/mol. The fourth-order valence-electron chi connectivity index (χ4n) is 2.95. The van der Waals surface area contributed by atoms with E-state index >= 15 is 0 Å². The van der Waals surface area contributed by atoms with E-state index in [9.17, 15) is 9.59 Å². The van der Waals surface area contributed by atoms with E-state index in [1.165, 1.54) is 0 Å². The Hall–Kier alpha value is -4.06. The number of benzene rings is 3. The molecule has 6 heteroatoms. The topological polar surface area (TPSA) is 70.7 Å². The lowest BCUT2D eigenvalue weighted by molar-refractivity contribution is -0.114. The fraction of sp³-hybridized carbons (Fsp3) is 0.120. The molecule has 0 spiro atoms. The summed E-state index contributed by atoms with van der Waals surface area (Å²) >= 11 is 0. The van der Waals surface area contributed by atoms with Crippen LogP contribution in [0.15, 0.2) is 91.5 Å². The van der Waals surface area contributed by atoms with Crippen LogP contribution in [0.2, 0.25) is 0 Å².